The van der Waals surface area contributed by atoms with Crippen LogP contribution in [0.4, 0.5) is 0 Å². The van der Waals surface area contributed by atoms with Crippen molar-refractivity contribution in [1.82, 2.24) is 0 Å². The third-order valence-corrected chi connectivity index (χ3v) is 7.67. The quantitative estimate of drug-likeness (QED) is 0.454. The average Bonchev–Trinajstić information content (AvgIpc) is 2.85. The standard InChI is InChI=1S/C30H30O4/c31-29(32)27-25(21-14-6-2-7-15-21)28(26(27)22-16-8-3-9-17-22)30(33)34-24-19-11-10-18-23(24)20-12-4-1-5-13-20/h1-9,12-17,23-28H,10-11,18-19H2,(H,31,32)/t23?,24-,25-,26?,27?,28?/m1/s1. The van der Waals surface area contributed by atoms with E-state index in [4.69, 9.17) is 4.74 Å². The van der Waals surface area contributed by atoms with Crippen molar-refractivity contribution in [2.24, 2.45) is 11.8 Å². The molecule has 1 N–H and O–H groups in total. The lowest BCUT2D eigenvalue weighted by Crippen LogP contribution is -2.52. The molecule has 0 radical (unpaired) electrons. The Balaban J connectivity index is 1.46. The average molecular weight is 455 g/mol. The first-order valence-corrected chi connectivity index (χ1v) is 12.2. The Kier molecular flexibility index (Phi) is 6.48. The van der Waals surface area contributed by atoms with E-state index < -0.39 is 29.6 Å². The predicted molar refractivity (Wildman–Crippen MR) is 131 cm³/mol. The number of esters is 1. The number of aliphatic carboxylic acids is 1. The van der Waals surface area contributed by atoms with Crippen LogP contribution in [0.25, 0.3) is 0 Å². The molecule has 2 fully saturated rings. The summed E-state index contributed by atoms with van der Waals surface area (Å²) in [7, 11) is 0. The summed E-state index contributed by atoms with van der Waals surface area (Å²) in [5.74, 6) is -2.97. The van der Waals surface area contributed by atoms with Gasteiger partial charge < -0.3 is 9.84 Å². The van der Waals surface area contributed by atoms with E-state index in [1.54, 1.807) is 0 Å². The second-order valence-corrected chi connectivity index (χ2v) is 9.54. The van der Waals surface area contributed by atoms with Crippen LogP contribution in [-0.2, 0) is 14.3 Å². The molecule has 4 heteroatoms. The molecule has 0 aromatic heterocycles. The van der Waals surface area contributed by atoms with Gasteiger partial charge in [0.2, 0.25) is 0 Å². The molecule has 0 heterocycles. The fraction of sp³-hybridized carbons (Fsp3) is 0.333. The summed E-state index contributed by atoms with van der Waals surface area (Å²) in [5, 5.41) is 10.2. The van der Waals surface area contributed by atoms with E-state index in [2.05, 4.69) is 12.1 Å². The second-order valence-electron chi connectivity index (χ2n) is 9.54. The lowest BCUT2D eigenvalue weighted by atomic mass is 9.52. The molecule has 2 aliphatic carbocycles. The maximum absolute atomic E-state index is 13.8. The highest BCUT2D eigenvalue weighted by molar-refractivity contribution is 5.84. The van der Waals surface area contributed by atoms with Gasteiger partial charge >= 0.3 is 11.9 Å². The third kappa shape index (κ3) is 4.25. The van der Waals surface area contributed by atoms with Crippen molar-refractivity contribution in [2.75, 3.05) is 0 Å². The summed E-state index contributed by atoms with van der Waals surface area (Å²) < 4.78 is 6.26. The van der Waals surface area contributed by atoms with Crippen molar-refractivity contribution < 1.29 is 19.4 Å². The minimum Gasteiger partial charge on any atom is -0.481 e. The Morgan fingerprint density at radius 3 is 1.62 bits per heavy atom. The number of carboxylic acids is 1. The van der Waals surface area contributed by atoms with Gasteiger partial charge in [0.25, 0.3) is 0 Å². The molecule has 3 aromatic carbocycles. The summed E-state index contributed by atoms with van der Waals surface area (Å²) >= 11 is 0. The summed E-state index contributed by atoms with van der Waals surface area (Å²) in [5.41, 5.74) is 2.97. The molecular weight excluding hydrogens is 424 g/mol. The zero-order chi connectivity index (χ0) is 23.5. The summed E-state index contributed by atoms with van der Waals surface area (Å²) in [6.07, 6.45) is 3.81. The van der Waals surface area contributed by atoms with Gasteiger partial charge in [-0.1, -0.05) is 97.4 Å². The van der Waals surface area contributed by atoms with Crippen LogP contribution in [0.1, 0.15) is 60.1 Å². The van der Waals surface area contributed by atoms with E-state index in [1.807, 2.05) is 78.9 Å². The van der Waals surface area contributed by atoms with Crippen molar-refractivity contribution in [3.63, 3.8) is 0 Å². The maximum Gasteiger partial charge on any atom is 0.310 e. The first-order chi connectivity index (χ1) is 16.6. The molecule has 0 saturated heterocycles. The van der Waals surface area contributed by atoms with Gasteiger partial charge in [0.05, 0.1) is 11.8 Å². The molecule has 34 heavy (non-hydrogen) atoms. The molecule has 2 saturated carbocycles. The van der Waals surface area contributed by atoms with E-state index in [0.717, 1.165) is 36.8 Å². The minimum absolute atomic E-state index is 0.180. The Bertz CT molecular complexity index is 1060. The van der Waals surface area contributed by atoms with Gasteiger partial charge in [0, 0.05) is 17.8 Å². The number of ether oxygens (including phenoxy) is 1. The summed E-state index contributed by atoms with van der Waals surface area (Å²) in [6.45, 7) is 0. The Morgan fingerprint density at radius 1 is 0.647 bits per heavy atom. The molecule has 0 aliphatic heterocycles. The van der Waals surface area contributed by atoms with Crippen molar-refractivity contribution in [3.8, 4) is 0 Å². The molecule has 0 spiro atoms. The van der Waals surface area contributed by atoms with Crippen LogP contribution in [0.15, 0.2) is 91.0 Å². The van der Waals surface area contributed by atoms with Gasteiger partial charge in [-0.3, -0.25) is 9.59 Å². The number of carbonyl (C=O) groups excluding carboxylic acids is 1. The van der Waals surface area contributed by atoms with Crippen molar-refractivity contribution in [1.29, 1.82) is 0 Å². The molecule has 0 bridgehead atoms. The SMILES string of the molecule is O=C(O)C1C(c2ccccc2)C(C(=O)O[C@@H]2CCCCC2c2ccccc2)[C@@H]1c1ccccc1. The third-order valence-electron chi connectivity index (χ3n) is 7.67. The summed E-state index contributed by atoms with van der Waals surface area (Å²) in [6, 6.07) is 29.4. The van der Waals surface area contributed by atoms with E-state index in [1.165, 1.54) is 5.56 Å². The molecule has 5 rings (SSSR count). The van der Waals surface area contributed by atoms with Crippen LogP contribution in [0.2, 0.25) is 0 Å². The molecule has 3 aromatic rings. The van der Waals surface area contributed by atoms with Crippen LogP contribution in [0.5, 0.6) is 0 Å². The molecule has 0 amide bonds. The second kappa shape index (κ2) is 9.84. The van der Waals surface area contributed by atoms with Crippen LogP contribution < -0.4 is 0 Å². The maximum atomic E-state index is 13.8. The summed E-state index contributed by atoms with van der Waals surface area (Å²) in [4.78, 5) is 26.2. The predicted octanol–water partition coefficient (Wildman–Crippen LogP) is 6.15. The first kappa shape index (κ1) is 22.4. The highest BCUT2D eigenvalue weighted by Gasteiger charge is 2.59. The van der Waals surface area contributed by atoms with E-state index in [-0.39, 0.29) is 18.0 Å². The number of carboxylic acid groups (broad SMARTS) is 1. The van der Waals surface area contributed by atoms with Gasteiger partial charge in [0.15, 0.2) is 0 Å². The Morgan fingerprint density at radius 2 is 1.12 bits per heavy atom. The molecular formula is C30H30O4. The van der Waals surface area contributed by atoms with Crippen LogP contribution in [-0.4, -0.2) is 23.1 Å². The zero-order valence-electron chi connectivity index (χ0n) is 19.1. The lowest BCUT2D eigenvalue weighted by Gasteiger charge is -2.49. The lowest BCUT2D eigenvalue weighted by molar-refractivity contribution is -0.170. The van der Waals surface area contributed by atoms with Crippen molar-refractivity contribution in [2.45, 2.75) is 49.5 Å². The number of rotatable bonds is 6. The largest absolute Gasteiger partial charge is 0.481 e. The van der Waals surface area contributed by atoms with Crippen molar-refractivity contribution >= 4 is 11.9 Å². The molecule has 174 valence electrons. The van der Waals surface area contributed by atoms with Crippen molar-refractivity contribution in [3.05, 3.63) is 108 Å². The Hall–Kier alpha value is -3.40. The first-order valence-electron chi connectivity index (χ1n) is 12.2. The van der Waals surface area contributed by atoms with Gasteiger partial charge in [-0.25, -0.2) is 0 Å². The van der Waals surface area contributed by atoms with Crippen LogP contribution in [0, 0.1) is 11.8 Å². The van der Waals surface area contributed by atoms with Crippen LogP contribution in [0.3, 0.4) is 0 Å². The normalized spacial score (nSPS) is 28.5. The number of hydrogen-bond acceptors (Lipinski definition) is 3. The smallest absolute Gasteiger partial charge is 0.310 e. The Labute approximate surface area is 200 Å². The van der Waals surface area contributed by atoms with Gasteiger partial charge in [-0.15, -0.1) is 0 Å². The molecule has 4 unspecified atom stereocenters. The zero-order valence-corrected chi connectivity index (χ0v) is 19.1. The fourth-order valence-corrected chi connectivity index (χ4v) is 6.08. The van der Waals surface area contributed by atoms with E-state index in [0.29, 0.717) is 0 Å². The minimum atomic E-state index is -0.869. The van der Waals surface area contributed by atoms with Crippen LogP contribution >= 0.6 is 0 Å². The van der Waals surface area contributed by atoms with Gasteiger partial charge in [-0.2, -0.15) is 0 Å². The monoisotopic (exact) mass is 454 g/mol. The topological polar surface area (TPSA) is 63.6 Å². The van der Waals surface area contributed by atoms with Gasteiger partial charge in [-0.05, 0) is 36.0 Å². The molecule has 2 aliphatic rings. The molecule has 6 atom stereocenters. The number of carbonyl (C=O) groups is 2. The highest BCUT2D eigenvalue weighted by Crippen LogP contribution is 2.58. The molecule has 4 nitrogen and oxygen atoms in total. The van der Waals surface area contributed by atoms with Gasteiger partial charge in [0.1, 0.15) is 6.10 Å². The van der Waals surface area contributed by atoms with E-state index in [9.17, 15) is 14.7 Å². The number of hydrogen-bond donors (Lipinski definition) is 1. The van der Waals surface area contributed by atoms with E-state index >= 15 is 0 Å². The fourth-order valence-electron chi connectivity index (χ4n) is 6.08. The number of benzene rings is 3. The highest BCUT2D eigenvalue weighted by atomic mass is 16.5.